The third-order valence-corrected chi connectivity index (χ3v) is 10.4. The summed E-state index contributed by atoms with van der Waals surface area (Å²) in [6, 6.07) is 0. The van der Waals surface area contributed by atoms with Gasteiger partial charge in [0, 0.05) is 13.0 Å². The van der Waals surface area contributed by atoms with Crippen LogP contribution in [-0.4, -0.2) is 43.3 Å². The quantitative estimate of drug-likeness (QED) is 0.0208. The van der Waals surface area contributed by atoms with Gasteiger partial charge in [0.1, 0.15) is 6.61 Å². The highest BCUT2D eigenvalue weighted by Gasteiger charge is 2.25. The fraction of sp³-hybridized carbons (Fsp3) is 0.884. The van der Waals surface area contributed by atoms with Crippen LogP contribution in [0.15, 0.2) is 24.5 Å². The number of rotatable bonds is 42. The Morgan fingerprint density at radius 3 is 1.48 bits per heavy atom. The summed E-state index contributed by atoms with van der Waals surface area (Å²) in [5.41, 5.74) is 5.36. The Morgan fingerprint density at radius 1 is 0.577 bits per heavy atom. The first kappa shape index (κ1) is 50.8. The zero-order valence-corrected chi connectivity index (χ0v) is 35.0. The average Bonchev–Trinajstić information content (AvgIpc) is 3.13. The summed E-state index contributed by atoms with van der Waals surface area (Å²) < 4.78 is 33.2. The molecule has 0 fully saturated rings. The molecule has 308 valence electrons. The molecular formula is C43H84NO7P. The molecule has 0 spiro atoms. The molecule has 0 amide bonds. The van der Waals surface area contributed by atoms with Crippen molar-refractivity contribution in [3.8, 4) is 0 Å². The third-order valence-electron chi connectivity index (χ3n) is 9.44. The molecule has 8 nitrogen and oxygen atoms in total. The van der Waals surface area contributed by atoms with Gasteiger partial charge in [-0.25, -0.2) is 4.57 Å². The SMILES string of the molecule is CCCC/C=C/CCCCCCCCCCCC(=O)O[C@H](CO/C=C/CCCCCCCCCCCCCCCCCC)COP(=O)(O)OCCN. The number of unbranched alkanes of at least 4 members (excludes halogenated alkanes) is 27. The second kappa shape index (κ2) is 41.0. The molecule has 0 aromatic rings. The van der Waals surface area contributed by atoms with E-state index in [1.165, 1.54) is 161 Å². The molecule has 1 unspecified atom stereocenters. The summed E-state index contributed by atoms with van der Waals surface area (Å²) in [4.78, 5) is 22.4. The van der Waals surface area contributed by atoms with Crippen LogP contribution < -0.4 is 5.73 Å². The van der Waals surface area contributed by atoms with Gasteiger partial charge in [0.2, 0.25) is 0 Å². The van der Waals surface area contributed by atoms with Crippen LogP contribution in [0.25, 0.3) is 0 Å². The summed E-state index contributed by atoms with van der Waals surface area (Å²) in [5.74, 6) is -0.353. The van der Waals surface area contributed by atoms with Gasteiger partial charge in [0.15, 0.2) is 6.10 Å². The maximum absolute atomic E-state index is 12.6. The smallest absolute Gasteiger partial charge is 0.472 e. The lowest BCUT2D eigenvalue weighted by molar-refractivity contribution is -0.153. The summed E-state index contributed by atoms with van der Waals surface area (Å²) in [7, 11) is -4.29. The fourth-order valence-corrected chi connectivity index (χ4v) is 6.94. The molecule has 0 heterocycles. The molecule has 0 aliphatic rings. The summed E-state index contributed by atoms with van der Waals surface area (Å²) in [6.07, 6.45) is 45.7. The Balaban J connectivity index is 4.04. The third kappa shape index (κ3) is 40.0. The summed E-state index contributed by atoms with van der Waals surface area (Å²) >= 11 is 0. The van der Waals surface area contributed by atoms with E-state index >= 15 is 0 Å². The summed E-state index contributed by atoms with van der Waals surface area (Å²) in [6.45, 7) is 4.23. The van der Waals surface area contributed by atoms with Gasteiger partial charge in [-0.3, -0.25) is 13.8 Å². The number of phosphoric acid groups is 1. The van der Waals surface area contributed by atoms with Gasteiger partial charge >= 0.3 is 13.8 Å². The van der Waals surface area contributed by atoms with Crippen molar-refractivity contribution < 1.29 is 32.8 Å². The first-order valence-corrected chi connectivity index (χ1v) is 23.4. The molecule has 0 aromatic heterocycles. The molecule has 52 heavy (non-hydrogen) atoms. The standard InChI is InChI=1S/C43H84NO7P/c1-3-5-7-9-11-13-15-17-19-20-21-23-25-27-29-31-33-35-38-48-40-42(41-50-52(46,47)49-39-37-44)51-43(45)36-34-32-30-28-26-24-22-18-16-14-12-10-8-6-4-2/h10,12,35,38,42H,3-9,11,13-34,36-37,39-41,44H2,1-2H3,(H,46,47)/b12-10+,38-35+/t42-/m1/s1. The van der Waals surface area contributed by atoms with Gasteiger partial charge in [-0.1, -0.05) is 180 Å². The van der Waals surface area contributed by atoms with Crippen LogP contribution in [0.3, 0.4) is 0 Å². The molecule has 0 aromatic carbocycles. The van der Waals surface area contributed by atoms with E-state index in [4.69, 9.17) is 24.3 Å². The maximum Gasteiger partial charge on any atom is 0.472 e. The second-order valence-electron chi connectivity index (χ2n) is 14.6. The van der Waals surface area contributed by atoms with Crippen molar-refractivity contribution >= 4 is 13.8 Å². The molecule has 0 bridgehead atoms. The van der Waals surface area contributed by atoms with E-state index in [2.05, 4.69) is 26.0 Å². The molecule has 2 atom stereocenters. The molecule has 0 saturated carbocycles. The second-order valence-corrected chi connectivity index (χ2v) is 16.1. The molecule has 3 N–H and O–H groups in total. The Morgan fingerprint density at radius 2 is 1.00 bits per heavy atom. The van der Waals surface area contributed by atoms with Crippen LogP contribution in [-0.2, 0) is 27.9 Å². The molecule has 9 heteroatoms. The number of phosphoric ester groups is 1. The topological polar surface area (TPSA) is 117 Å². The molecule has 0 aliphatic heterocycles. The summed E-state index contributed by atoms with van der Waals surface area (Å²) in [5, 5.41) is 0. The minimum atomic E-state index is -4.29. The normalized spacial score (nSPS) is 13.6. The van der Waals surface area contributed by atoms with Crippen LogP contribution in [0.2, 0.25) is 0 Å². The Labute approximate surface area is 321 Å². The van der Waals surface area contributed by atoms with E-state index in [0.29, 0.717) is 6.42 Å². The van der Waals surface area contributed by atoms with Crippen molar-refractivity contribution in [2.24, 2.45) is 5.73 Å². The van der Waals surface area contributed by atoms with Crippen molar-refractivity contribution in [2.75, 3.05) is 26.4 Å². The van der Waals surface area contributed by atoms with E-state index in [0.717, 1.165) is 32.1 Å². The Hall–Kier alpha value is -1.18. The maximum atomic E-state index is 12.6. The highest BCUT2D eigenvalue weighted by molar-refractivity contribution is 7.47. The van der Waals surface area contributed by atoms with Crippen molar-refractivity contribution in [1.82, 2.24) is 0 Å². The number of hydrogen-bond donors (Lipinski definition) is 2. The largest absolute Gasteiger partial charge is 0.498 e. The first-order chi connectivity index (χ1) is 25.4. The minimum absolute atomic E-state index is 0.0350. The highest BCUT2D eigenvalue weighted by Crippen LogP contribution is 2.43. The van der Waals surface area contributed by atoms with Gasteiger partial charge < -0.3 is 20.1 Å². The van der Waals surface area contributed by atoms with Crippen LogP contribution in [0, 0.1) is 0 Å². The van der Waals surface area contributed by atoms with Gasteiger partial charge in [-0.2, -0.15) is 0 Å². The highest BCUT2D eigenvalue weighted by atomic mass is 31.2. The van der Waals surface area contributed by atoms with Crippen LogP contribution >= 0.6 is 7.82 Å². The monoisotopic (exact) mass is 758 g/mol. The van der Waals surface area contributed by atoms with Crippen LogP contribution in [0.5, 0.6) is 0 Å². The van der Waals surface area contributed by atoms with Crippen molar-refractivity contribution in [2.45, 2.75) is 219 Å². The van der Waals surface area contributed by atoms with Gasteiger partial charge in [-0.05, 0) is 44.6 Å². The van der Waals surface area contributed by atoms with E-state index in [9.17, 15) is 14.3 Å². The van der Waals surface area contributed by atoms with Crippen molar-refractivity contribution in [3.63, 3.8) is 0 Å². The number of esters is 1. The predicted octanol–water partition coefficient (Wildman–Crippen LogP) is 13.2. The van der Waals surface area contributed by atoms with E-state index in [1.807, 2.05) is 6.08 Å². The molecule has 0 rings (SSSR count). The van der Waals surface area contributed by atoms with Gasteiger partial charge in [0.05, 0.1) is 19.5 Å². The molecular weight excluding hydrogens is 673 g/mol. The zero-order chi connectivity index (χ0) is 38.1. The fourth-order valence-electron chi connectivity index (χ4n) is 6.18. The van der Waals surface area contributed by atoms with E-state index in [1.54, 1.807) is 6.26 Å². The number of nitrogens with two attached hydrogens (primary N) is 1. The minimum Gasteiger partial charge on any atom is -0.498 e. The number of hydrogen-bond acceptors (Lipinski definition) is 7. The lowest BCUT2D eigenvalue weighted by Crippen LogP contribution is -2.27. The molecule has 0 radical (unpaired) electrons. The lowest BCUT2D eigenvalue weighted by Gasteiger charge is -2.19. The van der Waals surface area contributed by atoms with Crippen LogP contribution in [0.4, 0.5) is 0 Å². The Bertz CT molecular complexity index is 853. The van der Waals surface area contributed by atoms with Crippen LogP contribution in [0.1, 0.15) is 213 Å². The predicted molar refractivity (Wildman–Crippen MR) is 219 cm³/mol. The average molecular weight is 758 g/mol. The van der Waals surface area contributed by atoms with Crippen molar-refractivity contribution in [1.29, 1.82) is 0 Å². The lowest BCUT2D eigenvalue weighted by atomic mass is 10.0. The van der Waals surface area contributed by atoms with Gasteiger partial charge in [-0.15, -0.1) is 0 Å². The molecule has 0 saturated heterocycles. The number of carbonyl (C=O) groups is 1. The Kier molecular flexibility index (Phi) is 40.1. The van der Waals surface area contributed by atoms with E-state index in [-0.39, 0.29) is 32.3 Å². The number of carbonyl (C=O) groups excluding carboxylic acids is 1. The zero-order valence-electron chi connectivity index (χ0n) is 34.1. The van der Waals surface area contributed by atoms with E-state index < -0.39 is 13.9 Å². The number of ether oxygens (including phenoxy) is 2. The van der Waals surface area contributed by atoms with Gasteiger partial charge in [0.25, 0.3) is 0 Å². The number of allylic oxidation sites excluding steroid dienone is 3. The van der Waals surface area contributed by atoms with Crippen molar-refractivity contribution in [3.05, 3.63) is 24.5 Å². The first-order valence-electron chi connectivity index (χ1n) is 21.9. The molecule has 0 aliphatic carbocycles.